The molecule has 1 aliphatic rings. The Balaban J connectivity index is 2.23. The number of carbonyl (C=O) groups is 1. The Labute approximate surface area is 154 Å². The number of hydrogen-bond acceptors (Lipinski definition) is 4. The monoisotopic (exact) mass is 355 g/mol. The van der Waals surface area contributed by atoms with Gasteiger partial charge < -0.3 is 19.9 Å². The van der Waals surface area contributed by atoms with Crippen molar-refractivity contribution in [1.82, 2.24) is 0 Å². The van der Waals surface area contributed by atoms with Crippen molar-refractivity contribution in [2.24, 2.45) is 5.73 Å². The van der Waals surface area contributed by atoms with Crippen molar-refractivity contribution in [3.8, 4) is 11.5 Å². The van der Waals surface area contributed by atoms with Gasteiger partial charge in [0, 0.05) is 18.6 Å². The molecule has 0 aliphatic heterocycles. The number of benzene rings is 2. The smallest absolute Gasteiger partial charge is 0.224 e. The Hall–Kier alpha value is -2.53. The van der Waals surface area contributed by atoms with Crippen molar-refractivity contribution in [1.29, 1.82) is 0 Å². The fourth-order valence-electron chi connectivity index (χ4n) is 4.12. The highest BCUT2D eigenvalue weighted by Gasteiger charge is 2.40. The van der Waals surface area contributed by atoms with E-state index in [0.717, 1.165) is 16.7 Å². The van der Waals surface area contributed by atoms with Gasteiger partial charge in [0.25, 0.3) is 0 Å². The third-order valence-electron chi connectivity index (χ3n) is 5.26. The molecule has 2 aromatic carbocycles. The van der Waals surface area contributed by atoms with Crippen LogP contribution in [-0.2, 0) is 9.53 Å². The zero-order valence-corrected chi connectivity index (χ0v) is 15.4. The number of primary amides is 1. The van der Waals surface area contributed by atoms with Crippen LogP contribution < -0.4 is 15.2 Å². The highest BCUT2D eigenvalue weighted by molar-refractivity contribution is 5.84. The van der Waals surface area contributed by atoms with Gasteiger partial charge in [-0.2, -0.15) is 0 Å². The van der Waals surface area contributed by atoms with Crippen LogP contribution in [0.4, 0.5) is 0 Å². The van der Waals surface area contributed by atoms with E-state index in [1.807, 2.05) is 30.3 Å². The fraction of sp³-hybridized carbons (Fsp3) is 0.381. The van der Waals surface area contributed by atoms with Crippen LogP contribution in [0.1, 0.15) is 40.9 Å². The lowest BCUT2D eigenvalue weighted by Gasteiger charge is -2.38. The summed E-state index contributed by atoms with van der Waals surface area (Å²) in [4.78, 5) is 12.2. The number of hydrogen-bond donors (Lipinski definition) is 1. The maximum absolute atomic E-state index is 12.2. The zero-order chi connectivity index (χ0) is 18.7. The Bertz CT molecular complexity index is 775. The molecule has 1 aliphatic carbocycles. The van der Waals surface area contributed by atoms with Crippen LogP contribution >= 0.6 is 0 Å². The summed E-state index contributed by atoms with van der Waals surface area (Å²) >= 11 is 0. The molecule has 0 saturated carbocycles. The van der Waals surface area contributed by atoms with Gasteiger partial charge >= 0.3 is 0 Å². The standard InChI is InChI=1S/C21H25NO4/c1-24-12-17-15(13-7-5-4-6-8-13)11-16(21(22)23)14-9-10-18(25-2)20(26-3)19(14)17/h4-10,15-17H,11-12H2,1-3H3,(H2,22,23). The molecule has 0 radical (unpaired) electrons. The first-order chi connectivity index (χ1) is 12.6. The topological polar surface area (TPSA) is 70.8 Å². The minimum absolute atomic E-state index is 0.0399. The summed E-state index contributed by atoms with van der Waals surface area (Å²) < 4.78 is 16.7. The molecule has 0 heterocycles. The lowest BCUT2D eigenvalue weighted by Crippen LogP contribution is -2.32. The van der Waals surface area contributed by atoms with Gasteiger partial charge in [0.05, 0.1) is 26.7 Å². The second-order valence-electron chi connectivity index (χ2n) is 6.57. The molecule has 0 fully saturated rings. The molecular weight excluding hydrogens is 330 g/mol. The van der Waals surface area contributed by atoms with Crippen LogP contribution in [0.2, 0.25) is 0 Å². The van der Waals surface area contributed by atoms with Gasteiger partial charge in [-0.1, -0.05) is 36.4 Å². The summed E-state index contributed by atoms with van der Waals surface area (Å²) in [5, 5.41) is 0. The lowest BCUT2D eigenvalue weighted by molar-refractivity contribution is -0.119. The molecule has 3 atom stereocenters. The van der Waals surface area contributed by atoms with Gasteiger partial charge in [-0.3, -0.25) is 4.79 Å². The highest BCUT2D eigenvalue weighted by atomic mass is 16.5. The van der Waals surface area contributed by atoms with Crippen LogP contribution in [0.25, 0.3) is 0 Å². The molecule has 2 aromatic rings. The predicted molar refractivity (Wildman–Crippen MR) is 99.9 cm³/mol. The summed E-state index contributed by atoms with van der Waals surface area (Å²) in [6.45, 7) is 0.515. The molecule has 0 aromatic heterocycles. The molecule has 0 spiro atoms. The first kappa shape index (κ1) is 18.3. The molecule has 2 N–H and O–H groups in total. The molecular formula is C21H25NO4. The third-order valence-corrected chi connectivity index (χ3v) is 5.26. The average molecular weight is 355 g/mol. The van der Waals surface area contributed by atoms with E-state index in [1.54, 1.807) is 21.3 Å². The molecule has 5 nitrogen and oxygen atoms in total. The molecule has 0 bridgehead atoms. The van der Waals surface area contributed by atoms with Crippen LogP contribution in [0.5, 0.6) is 11.5 Å². The van der Waals surface area contributed by atoms with Crippen LogP contribution in [-0.4, -0.2) is 33.8 Å². The average Bonchev–Trinajstić information content (AvgIpc) is 2.67. The molecule has 3 rings (SSSR count). The number of methoxy groups -OCH3 is 3. The molecule has 1 amide bonds. The second kappa shape index (κ2) is 7.79. The molecule has 5 heteroatoms. The SMILES string of the molecule is COCC1c2c(ccc(OC)c2OC)C(C(N)=O)CC1c1ccccc1. The Morgan fingerprint density at radius 2 is 1.81 bits per heavy atom. The minimum Gasteiger partial charge on any atom is -0.493 e. The van der Waals surface area contributed by atoms with Gasteiger partial charge in [-0.05, 0) is 29.5 Å². The maximum Gasteiger partial charge on any atom is 0.224 e. The molecule has 3 unspecified atom stereocenters. The second-order valence-corrected chi connectivity index (χ2v) is 6.57. The normalized spacial score (nSPS) is 21.7. The summed E-state index contributed by atoms with van der Waals surface area (Å²) in [5.41, 5.74) is 8.79. The van der Waals surface area contributed by atoms with Gasteiger partial charge in [-0.15, -0.1) is 0 Å². The number of fused-ring (bicyclic) bond motifs is 1. The van der Waals surface area contributed by atoms with Crippen LogP contribution in [0, 0.1) is 0 Å². The summed E-state index contributed by atoms with van der Waals surface area (Å²) in [5.74, 6) is 0.738. The number of carbonyl (C=O) groups excluding carboxylic acids is 1. The van der Waals surface area contributed by atoms with E-state index in [9.17, 15) is 4.79 Å². The van der Waals surface area contributed by atoms with Crippen molar-refractivity contribution >= 4 is 5.91 Å². The Kier molecular flexibility index (Phi) is 5.47. The highest BCUT2D eigenvalue weighted by Crippen LogP contribution is 2.52. The van der Waals surface area contributed by atoms with Gasteiger partial charge in [0.1, 0.15) is 0 Å². The number of rotatable bonds is 6. The number of amides is 1. The van der Waals surface area contributed by atoms with Crippen molar-refractivity contribution in [3.05, 3.63) is 59.2 Å². The maximum atomic E-state index is 12.2. The van der Waals surface area contributed by atoms with Crippen molar-refractivity contribution < 1.29 is 19.0 Å². The Morgan fingerprint density at radius 3 is 2.38 bits per heavy atom. The summed E-state index contributed by atoms with van der Waals surface area (Å²) in [6, 6.07) is 13.9. The van der Waals surface area contributed by atoms with Crippen molar-refractivity contribution in [3.63, 3.8) is 0 Å². The first-order valence-electron chi connectivity index (χ1n) is 8.70. The van der Waals surface area contributed by atoms with E-state index >= 15 is 0 Å². The van der Waals surface area contributed by atoms with Crippen LogP contribution in [0.3, 0.4) is 0 Å². The van der Waals surface area contributed by atoms with E-state index in [0.29, 0.717) is 24.5 Å². The van der Waals surface area contributed by atoms with Gasteiger partial charge in [0.2, 0.25) is 5.91 Å². The van der Waals surface area contributed by atoms with E-state index in [2.05, 4.69) is 12.1 Å². The summed E-state index contributed by atoms with van der Waals surface area (Å²) in [6.07, 6.45) is 0.649. The predicted octanol–water partition coefficient (Wildman–Crippen LogP) is 3.19. The van der Waals surface area contributed by atoms with Gasteiger partial charge in [0.15, 0.2) is 11.5 Å². The minimum atomic E-state index is -0.372. The number of nitrogens with two attached hydrogens (primary N) is 1. The molecule has 26 heavy (non-hydrogen) atoms. The van der Waals surface area contributed by atoms with E-state index in [4.69, 9.17) is 19.9 Å². The zero-order valence-electron chi connectivity index (χ0n) is 15.4. The quantitative estimate of drug-likeness (QED) is 0.864. The number of ether oxygens (including phenoxy) is 3. The largest absolute Gasteiger partial charge is 0.493 e. The van der Waals surface area contributed by atoms with E-state index in [1.165, 1.54) is 0 Å². The Morgan fingerprint density at radius 1 is 1.08 bits per heavy atom. The van der Waals surface area contributed by atoms with Gasteiger partial charge in [-0.25, -0.2) is 0 Å². The van der Waals surface area contributed by atoms with Crippen molar-refractivity contribution in [2.45, 2.75) is 24.2 Å². The van der Waals surface area contributed by atoms with Crippen LogP contribution in [0.15, 0.2) is 42.5 Å². The van der Waals surface area contributed by atoms with E-state index < -0.39 is 0 Å². The first-order valence-corrected chi connectivity index (χ1v) is 8.70. The third kappa shape index (κ3) is 3.15. The van der Waals surface area contributed by atoms with E-state index in [-0.39, 0.29) is 23.7 Å². The molecule has 0 saturated heterocycles. The fourth-order valence-corrected chi connectivity index (χ4v) is 4.12. The van der Waals surface area contributed by atoms with Crippen molar-refractivity contribution in [2.75, 3.05) is 27.9 Å². The summed E-state index contributed by atoms with van der Waals surface area (Å²) in [7, 11) is 4.92. The lowest BCUT2D eigenvalue weighted by atomic mass is 9.67. The molecule has 138 valence electrons.